The number of carbonyl (C=O) groups excluding carboxylic acids is 1. The second kappa shape index (κ2) is 7.26. The third kappa shape index (κ3) is 4.09. The Balaban J connectivity index is 1.91. The van der Waals surface area contributed by atoms with Crippen LogP contribution in [-0.2, 0) is 11.2 Å². The molecule has 0 saturated heterocycles. The molecule has 2 aromatic rings. The molecule has 0 bridgehead atoms. The second-order valence-electron chi connectivity index (χ2n) is 4.79. The van der Waals surface area contributed by atoms with Crippen molar-refractivity contribution in [1.29, 1.82) is 0 Å². The minimum Gasteiger partial charge on any atom is -0.478 e. The number of anilines is 2. The van der Waals surface area contributed by atoms with E-state index in [-0.39, 0.29) is 18.0 Å². The van der Waals surface area contributed by atoms with Crippen LogP contribution in [0, 0.1) is 0 Å². The molecular formula is C17H18N2O3. The molecule has 0 aliphatic rings. The van der Waals surface area contributed by atoms with Gasteiger partial charge in [-0.05, 0) is 42.3 Å². The van der Waals surface area contributed by atoms with Crippen molar-refractivity contribution >= 4 is 23.3 Å². The highest BCUT2D eigenvalue weighted by atomic mass is 16.4. The molecule has 0 fully saturated rings. The Hall–Kier alpha value is -2.82. The average Bonchev–Trinajstić information content (AvgIpc) is 2.53. The summed E-state index contributed by atoms with van der Waals surface area (Å²) in [6, 6.07) is 13.9. The summed E-state index contributed by atoms with van der Waals surface area (Å²) in [7, 11) is 0. The van der Waals surface area contributed by atoms with Crippen LogP contribution in [0.15, 0.2) is 48.5 Å². The van der Waals surface area contributed by atoms with E-state index in [0.29, 0.717) is 5.69 Å². The summed E-state index contributed by atoms with van der Waals surface area (Å²) in [5, 5.41) is 14.6. The van der Waals surface area contributed by atoms with Crippen LogP contribution in [0.3, 0.4) is 0 Å². The van der Waals surface area contributed by atoms with Gasteiger partial charge in [0.05, 0.1) is 12.1 Å². The van der Waals surface area contributed by atoms with Gasteiger partial charge in [-0.3, -0.25) is 4.79 Å². The van der Waals surface area contributed by atoms with Crippen LogP contribution in [0.25, 0.3) is 0 Å². The van der Waals surface area contributed by atoms with Gasteiger partial charge in [0.25, 0.3) is 0 Å². The van der Waals surface area contributed by atoms with E-state index >= 15 is 0 Å². The average molecular weight is 298 g/mol. The lowest BCUT2D eigenvalue weighted by molar-refractivity contribution is -0.114. The van der Waals surface area contributed by atoms with Gasteiger partial charge in [-0.25, -0.2) is 4.79 Å². The molecule has 5 heteroatoms. The van der Waals surface area contributed by atoms with Crippen molar-refractivity contribution < 1.29 is 14.7 Å². The maximum atomic E-state index is 11.9. The first-order valence-electron chi connectivity index (χ1n) is 7.05. The standard InChI is InChI=1S/C17H18N2O3/c1-2-12-5-3-4-6-15(12)18-11-16(20)19-14-9-7-13(8-10-14)17(21)22/h3-10,18H,2,11H2,1H3,(H,19,20)(H,21,22). The molecule has 0 aromatic heterocycles. The number of hydrogen-bond acceptors (Lipinski definition) is 3. The van der Waals surface area contributed by atoms with Gasteiger partial charge in [0, 0.05) is 11.4 Å². The summed E-state index contributed by atoms with van der Waals surface area (Å²) in [6.45, 7) is 2.21. The van der Waals surface area contributed by atoms with E-state index in [9.17, 15) is 9.59 Å². The van der Waals surface area contributed by atoms with Crippen molar-refractivity contribution in [3.8, 4) is 0 Å². The van der Waals surface area contributed by atoms with Crippen LogP contribution in [0.1, 0.15) is 22.8 Å². The van der Waals surface area contributed by atoms with Gasteiger partial charge < -0.3 is 15.7 Å². The molecule has 0 atom stereocenters. The molecule has 5 nitrogen and oxygen atoms in total. The number of rotatable bonds is 6. The number of carboxylic acids is 1. The molecule has 0 radical (unpaired) electrons. The highest BCUT2D eigenvalue weighted by Crippen LogP contribution is 2.15. The molecule has 0 saturated carbocycles. The lowest BCUT2D eigenvalue weighted by Crippen LogP contribution is -2.22. The zero-order valence-electron chi connectivity index (χ0n) is 12.3. The van der Waals surface area contributed by atoms with Gasteiger partial charge in [0.1, 0.15) is 0 Å². The Morgan fingerprint density at radius 1 is 1.05 bits per heavy atom. The summed E-state index contributed by atoms with van der Waals surface area (Å²) in [4.78, 5) is 22.7. The largest absolute Gasteiger partial charge is 0.478 e. The van der Waals surface area contributed by atoms with Gasteiger partial charge in [0.2, 0.25) is 5.91 Å². The minimum absolute atomic E-state index is 0.150. The van der Waals surface area contributed by atoms with E-state index in [1.165, 1.54) is 12.1 Å². The van der Waals surface area contributed by atoms with E-state index in [2.05, 4.69) is 17.6 Å². The number of benzene rings is 2. The van der Waals surface area contributed by atoms with Crippen LogP contribution >= 0.6 is 0 Å². The lowest BCUT2D eigenvalue weighted by Gasteiger charge is -2.11. The van der Waals surface area contributed by atoms with Gasteiger partial charge in [-0.2, -0.15) is 0 Å². The molecule has 0 aliphatic carbocycles. The summed E-state index contributed by atoms with van der Waals surface area (Å²) in [5.41, 5.74) is 2.86. The van der Waals surface area contributed by atoms with Crippen molar-refractivity contribution in [3.63, 3.8) is 0 Å². The summed E-state index contributed by atoms with van der Waals surface area (Å²) < 4.78 is 0. The van der Waals surface area contributed by atoms with E-state index in [1.807, 2.05) is 24.3 Å². The Kier molecular flexibility index (Phi) is 5.14. The first-order valence-corrected chi connectivity index (χ1v) is 7.05. The molecule has 0 aliphatic heterocycles. The SMILES string of the molecule is CCc1ccccc1NCC(=O)Nc1ccc(C(=O)O)cc1. The fraction of sp³-hybridized carbons (Fsp3) is 0.176. The van der Waals surface area contributed by atoms with Crippen molar-refractivity contribution in [3.05, 3.63) is 59.7 Å². The number of aromatic carboxylic acids is 1. The molecular weight excluding hydrogens is 280 g/mol. The number of para-hydroxylation sites is 1. The Morgan fingerprint density at radius 3 is 2.36 bits per heavy atom. The highest BCUT2D eigenvalue weighted by Gasteiger charge is 2.06. The van der Waals surface area contributed by atoms with E-state index in [4.69, 9.17) is 5.11 Å². The maximum Gasteiger partial charge on any atom is 0.335 e. The van der Waals surface area contributed by atoms with Crippen LogP contribution in [0.5, 0.6) is 0 Å². The van der Waals surface area contributed by atoms with Gasteiger partial charge >= 0.3 is 5.97 Å². The van der Waals surface area contributed by atoms with Gasteiger partial charge in [0.15, 0.2) is 0 Å². The van der Waals surface area contributed by atoms with Crippen LogP contribution in [-0.4, -0.2) is 23.5 Å². The fourth-order valence-electron chi connectivity index (χ4n) is 2.08. The first-order chi connectivity index (χ1) is 10.6. The van der Waals surface area contributed by atoms with E-state index in [0.717, 1.165) is 17.7 Å². The topological polar surface area (TPSA) is 78.4 Å². The normalized spacial score (nSPS) is 10.0. The van der Waals surface area contributed by atoms with Crippen molar-refractivity contribution in [2.75, 3.05) is 17.2 Å². The molecule has 2 rings (SSSR count). The Bertz CT molecular complexity index is 666. The first kappa shape index (κ1) is 15.6. The van der Waals surface area contributed by atoms with Gasteiger partial charge in [-0.15, -0.1) is 0 Å². The molecule has 0 spiro atoms. The summed E-state index contributed by atoms with van der Waals surface area (Å²) in [5.74, 6) is -1.18. The number of nitrogens with one attached hydrogen (secondary N) is 2. The predicted octanol–water partition coefficient (Wildman–Crippen LogP) is 3.00. The summed E-state index contributed by atoms with van der Waals surface area (Å²) >= 11 is 0. The molecule has 22 heavy (non-hydrogen) atoms. The molecule has 3 N–H and O–H groups in total. The van der Waals surface area contributed by atoms with Crippen molar-refractivity contribution in [2.24, 2.45) is 0 Å². The molecule has 0 heterocycles. The number of carbonyl (C=O) groups is 2. The van der Waals surface area contributed by atoms with Crippen molar-refractivity contribution in [1.82, 2.24) is 0 Å². The molecule has 2 aromatic carbocycles. The smallest absolute Gasteiger partial charge is 0.335 e. The Labute approximate surface area is 129 Å². The maximum absolute atomic E-state index is 11.9. The Morgan fingerprint density at radius 2 is 1.73 bits per heavy atom. The van der Waals surface area contributed by atoms with E-state index < -0.39 is 5.97 Å². The third-order valence-electron chi connectivity index (χ3n) is 3.25. The lowest BCUT2D eigenvalue weighted by atomic mass is 10.1. The molecule has 0 unspecified atom stereocenters. The van der Waals surface area contributed by atoms with Crippen LogP contribution in [0.2, 0.25) is 0 Å². The number of hydrogen-bond donors (Lipinski definition) is 3. The zero-order chi connectivity index (χ0) is 15.9. The van der Waals surface area contributed by atoms with Crippen LogP contribution < -0.4 is 10.6 Å². The van der Waals surface area contributed by atoms with Gasteiger partial charge in [-0.1, -0.05) is 25.1 Å². The number of aryl methyl sites for hydroxylation is 1. The zero-order valence-corrected chi connectivity index (χ0v) is 12.3. The third-order valence-corrected chi connectivity index (χ3v) is 3.25. The fourth-order valence-corrected chi connectivity index (χ4v) is 2.08. The van der Waals surface area contributed by atoms with Crippen LogP contribution in [0.4, 0.5) is 11.4 Å². The van der Waals surface area contributed by atoms with E-state index in [1.54, 1.807) is 12.1 Å². The molecule has 114 valence electrons. The number of carboxylic acid groups (broad SMARTS) is 1. The monoisotopic (exact) mass is 298 g/mol. The summed E-state index contributed by atoms with van der Waals surface area (Å²) in [6.07, 6.45) is 0.890. The van der Waals surface area contributed by atoms with Crippen molar-refractivity contribution in [2.45, 2.75) is 13.3 Å². The highest BCUT2D eigenvalue weighted by molar-refractivity contribution is 5.94. The second-order valence-corrected chi connectivity index (χ2v) is 4.79. The minimum atomic E-state index is -0.990. The predicted molar refractivity (Wildman–Crippen MR) is 86.3 cm³/mol. The molecule has 1 amide bonds. The number of amides is 1. The quantitative estimate of drug-likeness (QED) is 0.766.